The number of benzene rings is 1. The average molecular weight is 247 g/mol. The largest absolute Gasteiger partial charge is 0.461 e. The van der Waals surface area contributed by atoms with Gasteiger partial charge in [0.1, 0.15) is 6.61 Å². The standard InChI is InChI=1S/C15H21NO2/c1-4-15(17)18-11-5-6-13-7-9-14(10-8-13)16-12(2)3/h5-10,12,16H,4,11H2,1-3H3/b6-5+. The Kier molecular flexibility index (Phi) is 5.98. The van der Waals surface area contributed by atoms with Gasteiger partial charge in [0.05, 0.1) is 0 Å². The predicted octanol–water partition coefficient (Wildman–Crippen LogP) is 3.47. The van der Waals surface area contributed by atoms with E-state index in [1.807, 2.05) is 36.4 Å². The van der Waals surface area contributed by atoms with Crippen molar-refractivity contribution in [3.63, 3.8) is 0 Å². The third-order valence-electron chi connectivity index (χ3n) is 2.31. The molecule has 0 spiro atoms. The van der Waals surface area contributed by atoms with Gasteiger partial charge in [-0.15, -0.1) is 0 Å². The molecule has 1 aromatic carbocycles. The van der Waals surface area contributed by atoms with Gasteiger partial charge in [0.15, 0.2) is 0 Å². The first-order chi connectivity index (χ1) is 8.61. The van der Waals surface area contributed by atoms with Crippen molar-refractivity contribution in [1.29, 1.82) is 0 Å². The Morgan fingerprint density at radius 3 is 2.56 bits per heavy atom. The molecule has 3 heteroatoms. The van der Waals surface area contributed by atoms with E-state index in [-0.39, 0.29) is 5.97 Å². The second kappa shape index (κ2) is 7.54. The van der Waals surface area contributed by atoms with Crippen LogP contribution in [0.2, 0.25) is 0 Å². The molecule has 0 aliphatic rings. The minimum atomic E-state index is -0.170. The summed E-state index contributed by atoms with van der Waals surface area (Å²) in [7, 11) is 0. The van der Waals surface area contributed by atoms with Gasteiger partial charge >= 0.3 is 5.97 Å². The van der Waals surface area contributed by atoms with Crippen LogP contribution in [0.4, 0.5) is 5.69 Å². The van der Waals surface area contributed by atoms with Gasteiger partial charge in [0.2, 0.25) is 0 Å². The third kappa shape index (κ3) is 5.53. The van der Waals surface area contributed by atoms with Gasteiger partial charge in [-0.2, -0.15) is 0 Å². The van der Waals surface area contributed by atoms with Crippen molar-refractivity contribution >= 4 is 17.7 Å². The molecule has 0 aromatic heterocycles. The lowest BCUT2D eigenvalue weighted by Gasteiger charge is -2.09. The lowest BCUT2D eigenvalue weighted by atomic mass is 10.2. The third-order valence-corrected chi connectivity index (χ3v) is 2.31. The molecule has 0 saturated heterocycles. The zero-order valence-electron chi connectivity index (χ0n) is 11.3. The predicted molar refractivity (Wildman–Crippen MR) is 75.5 cm³/mol. The van der Waals surface area contributed by atoms with Crippen molar-refractivity contribution in [2.45, 2.75) is 33.2 Å². The molecule has 0 bridgehead atoms. The van der Waals surface area contributed by atoms with Gasteiger partial charge in [-0.1, -0.05) is 25.1 Å². The fourth-order valence-electron chi connectivity index (χ4n) is 1.45. The summed E-state index contributed by atoms with van der Waals surface area (Å²) in [5.41, 5.74) is 2.21. The van der Waals surface area contributed by atoms with E-state index in [1.165, 1.54) is 0 Å². The Labute approximate surface area is 109 Å². The average Bonchev–Trinajstić information content (AvgIpc) is 2.35. The van der Waals surface area contributed by atoms with E-state index in [0.717, 1.165) is 11.3 Å². The molecule has 1 aromatic rings. The summed E-state index contributed by atoms with van der Waals surface area (Å²) < 4.78 is 4.95. The van der Waals surface area contributed by atoms with Gasteiger partial charge < -0.3 is 10.1 Å². The molecule has 0 atom stereocenters. The number of ether oxygens (including phenoxy) is 1. The van der Waals surface area contributed by atoms with E-state index < -0.39 is 0 Å². The topological polar surface area (TPSA) is 38.3 Å². The van der Waals surface area contributed by atoms with Gasteiger partial charge in [-0.3, -0.25) is 4.79 Å². The van der Waals surface area contributed by atoms with Gasteiger partial charge in [0.25, 0.3) is 0 Å². The quantitative estimate of drug-likeness (QED) is 0.782. The lowest BCUT2D eigenvalue weighted by Crippen LogP contribution is -2.09. The fourth-order valence-corrected chi connectivity index (χ4v) is 1.45. The van der Waals surface area contributed by atoms with Crippen LogP contribution < -0.4 is 5.32 Å². The van der Waals surface area contributed by atoms with Crippen LogP contribution in [0.15, 0.2) is 30.3 Å². The molecule has 0 fully saturated rings. The van der Waals surface area contributed by atoms with E-state index in [2.05, 4.69) is 19.2 Å². The zero-order chi connectivity index (χ0) is 13.4. The highest BCUT2D eigenvalue weighted by molar-refractivity contribution is 5.69. The minimum absolute atomic E-state index is 0.170. The molecule has 0 amide bonds. The number of carbonyl (C=O) groups excluding carboxylic acids is 1. The summed E-state index contributed by atoms with van der Waals surface area (Å²) >= 11 is 0. The van der Waals surface area contributed by atoms with E-state index in [4.69, 9.17) is 4.74 Å². The number of hydrogen-bond donors (Lipinski definition) is 1. The van der Waals surface area contributed by atoms with Crippen LogP contribution in [0.3, 0.4) is 0 Å². The zero-order valence-corrected chi connectivity index (χ0v) is 11.3. The van der Waals surface area contributed by atoms with Crippen molar-refractivity contribution in [3.05, 3.63) is 35.9 Å². The maximum Gasteiger partial charge on any atom is 0.305 e. The van der Waals surface area contributed by atoms with E-state index >= 15 is 0 Å². The van der Waals surface area contributed by atoms with Crippen molar-refractivity contribution in [1.82, 2.24) is 0 Å². The second-order valence-electron chi connectivity index (χ2n) is 4.36. The summed E-state index contributed by atoms with van der Waals surface area (Å²) in [6.07, 6.45) is 4.21. The molecule has 98 valence electrons. The monoisotopic (exact) mass is 247 g/mol. The molecule has 1 rings (SSSR count). The van der Waals surface area contributed by atoms with Gasteiger partial charge in [0, 0.05) is 18.2 Å². The fraction of sp³-hybridized carbons (Fsp3) is 0.400. The summed E-state index contributed by atoms with van der Waals surface area (Å²) in [6.45, 7) is 6.33. The molecular weight excluding hydrogens is 226 g/mol. The molecule has 0 unspecified atom stereocenters. The Morgan fingerprint density at radius 1 is 1.33 bits per heavy atom. The molecule has 18 heavy (non-hydrogen) atoms. The van der Waals surface area contributed by atoms with Crippen LogP contribution in [0.1, 0.15) is 32.8 Å². The molecule has 0 aliphatic carbocycles. The molecule has 3 nitrogen and oxygen atoms in total. The molecule has 0 radical (unpaired) electrons. The second-order valence-corrected chi connectivity index (χ2v) is 4.36. The number of esters is 1. The highest BCUT2D eigenvalue weighted by Gasteiger charge is 1.95. The molecular formula is C15H21NO2. The number of anilines is 1. The van der Waals surface area contributed by atoms with Crippen LogP contribution >= 0.6 is 0 Å². The summed E-state index contributed by atoms with van der Waals surface area (Å²) in [5, 5.41) is 3.33. The minimum Gasteiger partial charge on any atom is -0.461 e. The first-order valence-corrected chi connectivity index (χ1v) is 6.30. The Bertz CT molecular complexity index is 393. The first kappa shape index (κ1) is 14.3. The van der Waals surface area contributed by atoms with Crippen LogP contribution in [0.5, 0.6) is 0 Å². The Morgan fingerprint density at radius 2 is 2.00 bits per heavy atom. The lowest BCUT2D eigenvalue weighted by molar-refractivity contribution is -0.141. The highest BCUT2D eigenvalue weighted by atomic mass is 16.5. The van der Waals surface area contributed by atoms with E-state index in [9.17, 15) is 4.79 Å². The number of nitrogens with one attached hydrogen (secondary N) is 1. The van der Waals surface area contributed by atoms with E-state index in [0.29, 0.717) is 19.1 Å². The van der Waals surface area contributed by atoms with Crippen LogP contribution in [0.25, 0.3) is 6.08 Å². The number of carbonyl (C=O) groups is 1. The Balaban J connectivity index is 2.43. The molecule has 0 saturated carbocycles. The van der Waals surface area contributed by atoms with Crippen molar-refractivity contribution in [2.75, 3.05) is 11.9 Å². The molecule has 0 aliphatic heterocycles. The SMILES string of the molecule is CCC(=O)OC/C=C/c1ccc(NC(C)C)cc1. The van der Waals surface area contributed by atoms with Crippen molar-refractivity contribution in [3.8, 4) is 0 Å². The smallest absolute Gasteiger partial charge is 0.305 e. The maximum atomic E-state index is 10.9. The van der Waals surface area contributed by atoms with Gasteiger partial charge in [-0.25, -0.2) is 0 Å². The molecule has 1 N–H and O–H groups in total. The Hall–Kier alpha value is -1.77. The normalized spacial score (nSPS) is 10.9. The molecule has 0 heterocycles. The van der Waals surface area contributed by atoms with Crippen molar-refractivity contribution in [2.24, 2.45) is 0 Å². The number of hydrogen-bond acceptors (Lipinski definition) is 3. The summed E-state index contributed by atoms with van der Waals surface area (Å²) in [5.74, 6) is -0.170. The van der Waals surface area contributed by atoms with Crippen molar-refractivity contribution < 1.29 is 9.53 Å². The van der Waals surface area contributed by atoms with Crippen LogP contribution in [-0.4, -0.2) is 18.6 Å². The first-order valence-electron chi connectivity index (χ1n) is 6.30. The highest BCUT2D eigenvalue weighted by Crippen LogP contribution is 2.11. The van der Waals surface area contributed by atoms with Crippen LogP contribution in [0, 0.1) is 0 Å². The van der Waals surface area contributed by atoms with Crippen LogP contribution in [-0.2, 0) is 9.53 Å². The number of rotatable bonds is 6. The maximum absolute atomic E-state index is 10.9. The summed E-state index contributed by atoms with van der Waals surface area (Å²) in [6, 6.07) is 8.57. The van der Waals surface area contributed by atoms with E-state index in [1.54, 1.807) is 6.92 Å². The summed E-state index contributed by atoms with van der Waals surface area (Å²) in [4.78, 5) is 10.9. The van der Waals surface area contributed by atoms with Gasteiger partial charge in [-0.05, 0) is 37.6 Å².